The van der Waals surface area contributed by atoms with Gasteiger partial charge in [0, 0.05) is 10.9 Å². The van der Waals surface area contributed by atoms with Crippen molar-refractivity contribution < 1.29 is 13.2 Å². The average molecular weight is 288 g/mol. The van der Waals surface area contributed by atoms with E-state index in [9.17, 15) is 13.2 Å². The molecule has 1 rings (SSSR count). The van der Waals surface area contributed by atoms with Gasteiger partial charge in [0.05, 0.1) is 0 Å². The summed E-state index contributed by atoms with van der Waals surface area (Å²) in [4.78, 5) is 0. The molecule has 0 aliphatic rings. The quantitative estimate of drug-likeness (QED) is 0.732. The van der Waals surface area contributed by atoms with Gasteiger partial charge in [0.2, 0.25) is 5.63 Å². The number of halogens is 5. The van der Waals surface area contributed by atoms with E-state index in [1.54, 1.807) is 12.1 Å². The van der Waals surface area contributed by atoms with Gasteiger partial charge in [-0.1, -0.05) is 39.7 Å². The number of rotatable bonds is 3. The molecule has 0 nitrogen and oxygen atoms in total. The van der Waals surface area contributed by atoms with Gasteiger partial charge in [-0.2, -0.15) is 0 Å². The largest absolute Gasteiger partial charge is 0.296 e. The third-order valence-corrected chi connectivity index (χ3v) is 2.52. The Morgan fingerprint density at radius 2 is 1.79 bits per heavy atom. The van der Waals surface area contributed by atoms with Crippen LogP contribution in [0.3, 0.4) is 0 Å². The molecule has 0 aliphatic carbocycles. The number of alkyl halides is 4. The zero-order chi connectivity index (χ0) is 10.8. The first-order chi connectivity index (χ1) is 6.42. The molecule has 1 unspecified atom stereocenters. The second-order valence-electron chi connectivity index (χ2n) is 2.86. The Bertz CT molecular complexity index is 297. The molecule has 0 saturated carbocycles. The minimum Gasteiger partial charge on any atom is -0.223 e. The Labute approximate surface area is 93.2 Å². The standard InChI is InChI=1S/C9H7BrClF3/c10-7-3-1-6(2-4-7)5-9(13,14)8(11)12/h1-4,8H,5H2. The maximum atomic E-state index is 12.8. The lowest BCUT2D eigenvalue weighted by atomic mass is 10.1. The summed E-state index contributed by atoms with van der Waals surface area (Å²) in [7, 11) is 0. The number of benzene rings is 1. The summed E-state index contributed by atoms with van der Waals surface area (Å²) >= 11 is 7.89. The summed E-state index contributed by atoms with van der Waals surface area (Å²) in [6, 6.07) is 6.23. The van der Waals surface area contributed by atoms with Crippen molar-refractivity contribution in [3.63, 3.8) is 0 Å². The van der Waals surface area contributed by atoms with Crippen LogP contribution in [0.25, 0.3) is 0 Å². The summed E-state index contributed by atoms with van der Waals surface area (Å²) in [5.74, 6) is -3.52. The first-order valence-electron chi connectivity index (χ1n) is 3.82. The van der Waals surface area contributed by atoms with Crippen LogP contribution in [0, 0.1) is 0 Å². The van der Waals surface area contributed by atoms with Gasteiger partial charge in [0.25, 0.3) is 5.92 Å². The predicted molar refractivity (Wildman–Crippen MR) is 53.5 cm³/mol. The molecule has 0 heterocycles. The van der Waals surface area contributed by atoms with Crippen LogP contribution in [-0.4, -0.2) is 11.6 Å². The number of hydrogen-bond acceptors (Lipinski definition) is 0. The van der Waals surface area contributed by atoms with Crippen LogP contribution < -0.4 is 0 Å². The molecule has 5 heteroatoms. The lowest BCUT2D eigenvalue weighted by molar-refractivity contribution is -0.0393. The zero-order valence-electron chi connectivity index (χ0n) is 6.98. The van der Waals surface area contributed by atoms with Crippen LogP contribution in [0.4, 0.5) is 13.2 Å². The molecule has 0 amide bonds. The van der Waals surface area contributed by atoms with Crippen LogP contribution in [-0.2, 0) is 6.42 Å². The Balaban J connectivity index is 2.74. The molecular weight excluding hydrogens is 280 g/mol. The van der Waals surface area contributed by atoms with Gasteiger partial charge >= 0.3 is 0 Å². The monoisotopic (exact) mass is 286 g/mol. The molecule has 1 aromatic carbocycles. The molecule has 1 atom stereocenters. The molecule has 0 bridgehead atoms. The highest BCUT2D eigenvalue weighted by Gasteiger charge is 2.38. The van der Waals surface area contributed by atoms with E-state index < -0.39 is 18.0 Å². The lowest BCUT2D eigenvalue weighted by Gasteiger charge is -2.15. The van der Waals surface area contributed by atoms with E-state index >= 15 is 0 Å². The molecular formula is C9H7BrClF3. The maximum Gasteiger partial charge on any atom is 0.296 e. The smallest absolute Gasteiger partial charge is 0.223 e. The van der Waals surface area contributed by atoms with Crippen LogP contribution in [0.5, 0.6) is 0 Å². The van der Waals surface area contributed by atoms with Crippen molar-refractivity contribution in [2.45, 2.75) is 18.0 Å². The Morgan fingerprint density at radius 3 is 2.21 bits per heavy atom. The molecule has 0 spiro atoms. The molecule has 78 valence electrons. The van der Waals surface area contributed by atoms with Gasteiger partial charge in [-0.15, -0.1) is 0 Å². The van der Waals surface area contributed by atoms with E-state index in [4.69, 9.17) is 11.6 Å². The first-order valence-corrected chi connectivity index (χ1v) is 5.05. The summed E-state index contributed by atoms with van der Waals surface area (Å²) in [6.45, 7) is 0. The van der Waals surface area contributed by atoms with Gasteiger partial charge in [-0.3, -0.25) is 0 Å². The lowest BCUT2D eigenvalue weighted by Crippen LogP contribution is -2.28. The Morgan fingerprint density at radius 1 is 1.29 bits per heavy atom. The molecule has 14 heavy (non-hydrogen) atoms. The zero-order valence-corrected chi connectivity index (χ0v) is 9.33. The molecule has 0 radical (unpaired) electrons. The Hall–Kier alpha value is -0.220. The molecule has 0 saturated heterocycles. The predicted octanol–water partition coefficient (Wildman–Crippen LogP) is 4.16. The summed E-state index contributed by atoms with van der Waals surface area (Å²) in [5, 5.41) is 0. The number of hydrogen-bond donors (Lipinski definition) is 0. The fourth-order valence-corrected chi connectivity index (χ4v) is 1.29. The highest BCUT2D eigenvalue weighted by atomic mass is 79.9. The maximum absolute atomic E-state index is 12.8. The van der Waals surface area contributed by atoms with E-state index in [0.717, 1.165) is 4.47 Å². The van der Waals surface area contributed by atoms with Crippen molar-refractivity contribution in [2.24, 2.45) is 0 Å². The van der Waals surface area contributed by atoms with E-state index in [1.165, 1.54) is 12.1 Å². The molecule has 0 aromatic heterocycles. The highest BCUT2D eigenvalue weighted by molar-refractivity contribution is 9.10. The highest BCUT2D eigenvalue weighted by Crippen LogP contribution is 2.29. The normalized spacial score (nSPS) is 14.1. The van der Waals surface area contributed by atoms with Gasteiger partial charge in [0.1, 0.15) is 0 Å². The first kappa shape index (κ1) is 11.9. The minimum atomic E-state index is -3.52. The third kappa shape index (κ3) is 3.17. The van der Waals surface area contributed by atoms with E-state index in [0.29, 0.717) is 5.56 Å². The summed E-state index contributed by atoms with van der Waals surface area (Å²) in [5.41, 5.74) is -2.30. The van der Waals surface area contributed by atoms with E-state index in [2.05, 4.69) is 15.9 Å². The van der Waals surface area contributed by atoms with Gasteiger partial charge in [-0.25, -0.2) is 13.2 Å². The van der Waals surface area contributed by atoms with E-state index in [1.807, 2.05) is 0 Å². The Kier molecular flexibility index (Phi) is 3.84. The van der Waals surface area contributed by atoms with Crippen molar-refractivity contribution in [2.75, 3.05) is 0 Å². The van der Waals surface area contributed by atoms with Gasteiger partial charge in [0.15, 0.2) is 0 Å². The van der Waals surface area contributed by atoms with Gasteiger partial charge in [-0.05, 0) is 17.7 Å². The average Bonchev–Trinajstić information content (AvgIpc) is 2.08. The summed E-state index contributed by atoms with van der Waals surface area (Å²) < 4.78 is 38.7. The molecule has 1 aromatic rings. The van der Waals surface area contributed by atoms with Crippen molar-refractivity contribution >= 4 is 27.5 Å². The van der Waals surface area contributed by atoms with Gasteiger partial charge < -0.3 is 0 Å². The van der Waals surface area contributed by atoms with Crippen LogP contribution in [0.15, 0.2) is 28.7 Å². The topological polar surface area (TPSA) is 0 Å². The van der Waals surface area contributed by atoms with Crippen molar-refractivity contribution in [3.8, 4) is 0 Å². The van der Waals surface area contributed by atoms with Crippen LogP contribution in [0.2, 0.25) is 0 Å². The van der Waals surface area contributed by atoms with Crippen molar-refractivity contribution in [3.05, 3.63) is 34.3 Å². The molecule has 0 fully saturated rings. The fourth-order valence-electron chi connectivity index (χ4n) is 0.952. The van der Waals surface area contributed by atoms with Crippen LogP contribution in [0.1, 0.15) is 5.56 Å². The third-order valence-electron chi connectivity index (χ3n) is 1.67. The summed E-state index contributed by atoms with van der Waals surface area (Å²) in [6.07, 6.45) is -0.690. The molecule has 0 N–H and O–H groups in total. The second-order valence-corrected chi connectivity index (χ2v) is 4.16. The van der Waals surface area contributed by atoms with E-state index in [-0.39, 0.29) is 0 Å². The van der Waals surface area contributed by atoms with Crippen molar-refractivity contribution in [1.29, 1.82) is 0 Å². The SMILES string of the molecule is FC(Cl)C(F)(F)Cc1ccc(Br)cc1. The van der Waals surface area contributed by atoms with Crippen LogP contribution >= 0.6 is 27.5 Å². The van der Waals surface area contributed by atoms with Crippen molar-refractivity contribution in [1.82, 2.24) is 0 Å². The molecule has 0 aliphatic heterocycles. The second kappa shape index (κ2) is 4.53. The minimum absolute atomic E-state index is 0.349. The fraction of sp³-hybridized carbons (Fsp3) is 0.333.